The molecule has 1 rings (SSSR count). The fraction of sp³-hybridized carbons (Fsp3) is 0.625. The normalized spacial score (nSPS) is 10.9. The van der Waals surface area contributed by atoms with E-state index in [-0.39, 0.29) is 0 Å². The van der Waals surface area contributed by atoms with E-state index >= 15 is 0 Å². The summed E-state index contributed by atoms with van der Waals surface area (Å²) in [5, 5.41) is 3.43. The van der Waals surface area contributed by atoms with Crippen molar-refractivity contribution >= 4 is 5.69 Å². The average Bonchev–Trinajstić information content (AvgIpc) is 2.37. The third-order valence-corrected chi connectivity index (χ3v) is 3.11. The SMILES string of the molecule is CCCNCc1ccc(N(CCC)C(C)C)cc1. The van der Waals surface area contributed by atoms with Gasteiger partial charge in [0.05, 0.1) is 0 Å². The maximum Gasteiger partial charge on any atom is 0.0368 e. The maximum atomic E-state index is 3.43. The van der Waals surface area contributed by atoms with Gasteiger partial charge in [-0.2, -0.15) is 0 Å². The number of hydrogen-bond acceptors (Lipinski definition) is 2. The average molecular weight is 248 g/mol. The van der Waals surface area contributed by atoms with Gasteiger partial charge < -0.3 is 10.2 Å². The van der Waals surface area contributed by atoms with E-state index in [0.717, 1.165) is 19.6 Å². The monoisotopic (exact) mass is 248 g/mol. The quantitative estimate of drug-likeness (QED) is 0.704. The lowest BCUT2D eigenvalue weighted by Gasteiger charge is -2.28. The maximum absolute atomic E-state index is 3.43. The Morgan fingerprint density at radius 2 is 1.72 bits per heavy atom. The first-order chi connectivity index (χ1) is 8.69. The Morgan fingerprint density at radius 1 is 1.06 bits per heavy atom. The van der Waals surface area contributed by atoms with Gasteiger partial charge in [0.1, 0.15) is 0 Å². The Kier molecular flexibility index (Phi) is 6.81. The molecule has 2 heteroatoms. The van der Waals surface area contributed by atoms with Crippen LogP contribution in [-0.2, 0) is 6.54 Å². The number of anilines is 1. The van der Waals surface area contributed by atoms with Crippen molar-refractivity contribution in [1.29, 1.82) is 0 Å². The largest absolute Gasteiger partial charge is 0.369 e. The minimum atomic E-state index is 0.564. The van der Waals surface area contributed by atoms with Crippen LogP contribution in [0.3, 0.4) is 0 Å². The zero-order valence-electron chi connectivity index (χ0n) is 12.4. The molecule has 1 N–H and O–H groups in total. The Labute approximate surface area is 112 Å². The van der Waals surface area contributed by atoms with Crippen molar-refractivity contribution in [2.75, 3.05) is 18.0 Å². The molecular formula is C16H28N2. The predicted octanol–water partition coefficient (Wildman–Crippen LogP) is 3.81. The predicted molar refractivity (Wildman–Crippen MR) is 81.2 cm³/mol. The molecule has 1 aromatic carbocycles. The summed E-state index contributed by atoms with van der Waals surface area (Å²) >= 11 is 0. The lowest BCUT2D eigenvalue weighted by Crippen LogP contribution is -2.31. The molecule has 0 saturated carbocycles. The molecule has 0 radical (unpaired) electrons. The van der Waals surface area contributed by atoms with Crippen molar-refractivity contribution in [3.05, 3.63) is 29.8 Å². The molecule has 0 atom stereocenters. The van der Waals surface area contributed by atoms with Crippen LogP contribution in [0.25, 0.3) is 0 Å². The van der Waals surface area contributed by atoms with Gasteiger partial charge in [-0.3, -0.25) is 0 Å². The summed E-state index contributed by atoms with van der Waals surface area (Å²) in [5.41, 5.74) is 2.71. The summed E-state index contributed by atoms with van der Waals surface area (Å²) < 4.78 is 0. The van der Waals surface area contributed by atoms with Crippen molar-refractivity contribution in [2.24, 2.45) is 0 Å². The second-order valence-corrected chi connectivity index (χ2v) is 5.13. The number of benzene rings is 1. The van der Waals surface area contributed by atoms with Gasteiger partial charge >= 0.3 is 0 Å². The van der Waals surface area contributed by atoms with E-state index in [9.17, 15) is 0 Å². The summed E-state index contributed by atoms with van der Waals surface area (Å²) in [7, 11) is 0. The summed E-state index contributed by atoms with van der Waals surface area (Å²) in [6.07, 6.45) is 2.38. The zero-order valence-corrected chi connectivity index (χ0v) is 12.4. The fourth-order valence-electron chi connectivity index (χ4n) is 2.14. The van der Waals surface area contributed by atoms with Gasteiger partial charge in [-0.25, -0.2) is 0 Å². The number of hydrogen-bond donors (Lipinski definition) is 1. The van der Waals surface area contributed by atoms with E-state index in [1.54, 1.807) is 0 Å². The fourth-order valence-corrected chi connectivity index (χ4v) is 2.14. The van der Waals surface area contributed by atoms with Crippen LogP contribution in [-0.4, -0.2) is 19.1 Å². The van der Waals surface area contributed by atoms with E-state index in [4.69, 9.17) is 0 Å². The van der Waals surface area contributed by atoms with Gasteiger partial charge in [0.2, 0.25) is 0 Å². The second-order valence-electron chi connectivity index (χ2n) is 5.13. The van der Waals surface area contributed by atoms with Crippen molar-refractivity contribution in [2.45, 2.75) is 53.1 Å². The third-order valence-electron chi connectivity index (χ3n) is 3.11. The van der Waals surface area contributed by atoms with Crippen LogP contribution >= 0.6 is 0 Å². The molecule has 0 unspecified atom stereocenters. The van der Waals surface area contributed by atoms with Gasteiger partial charge in [0, 0.05) is 24.8 Å². The molecule has 1 aromatic rings. The van der Waals surface area contributed by atoms with Crippen molar-refractivity contribution in [3.63, 3.8) is 0 Å². The number of rotatable bonds is 8. The van der Waals surface area contributed by atoms with Gasteiger partial charge in [-0.05, 0) is 50.9 Å². The van der Waals surface area contributed by atoms with Gasteiger partial charge in [-0.1, -0.05) is 26.0 Å². The highest BCUT2D eigenvalue weighted by atomic mass is 15.1. The van der Waals surface area contributed by atoms with Crippen molar-refractivity contribution < 1.29 is 0 Å². The topological polar surface area (TPSA) is 15.3 Å². The molecule has 0 spiro atoms. The van der Waals surface area contributed by atoms with E-state index in [1.807, 2.05) is 0 Å². The van der Waals surface area contributed by atoms with Crippen molar-refractivity contribution in [3.8, 4) is 0 Å². The lowest BCUT2D eigenvalue weighted by molar-refractivity contribution is 0.667. The molecule has 0 amide bonds. The van der Waals surface area contributed by atoms with E-state index in [0.29, 0.717) is 6.04 Å². The molecule has 18 heavy (non-hydrogen) atoms. The summed E-state index contributed by atoms with van der Waals surface area (Å²) in [4.78, 5) is 2.46. The smallest absolute Gasteiger partial charge is 0.0368 e. The molecular weight excluding hydrogens is 220 g/mol. The Hall–Kier alpha value is -1.02. The Balaban J connectivity index is 2.62. The number of nitrogens with one attached hydrogen (secondary N) is 1. The van der Waals surface area contributed by atoms with Crippen LogP contribution in [0.5, 0.6) is 0 Å². The minimum absolute atomic E-state index is 0.564. The second kappa shape index (κ2) is 8.15. The highest BCUT2D eigenvalue weighted by Gasteiger charge is 2.08. The van der Waals surface area contributed by atoms with Crippen LogP contribution in [0.1, 0.15) is 46.1 Å². The molecule has 0 fully saturated rings. The Bertz CT molecular complexity index is 316. The van der Waals surface area contributed by atoms with E-state index in [1.165, 1.54) is 24.1 Å². The molecule has 0 heterocycles. The summed E-state index contributed by atoms with van der Waals surface area (Å²) in [6, 6.07) is 9.54. The molecule has 0 saturated heterocycles. The standard InChI is InChI=1S/C16H28N2/c1-5-11-17-13-15-7-9-16(10-8-15)18(12-6-2)14(3)4/h7-10,14,17H,5-6,11-13H2,1-4H3. The highest BCUT2D eigenvalue weighted by molar-refractivity contribution is 5.48. The first-order valence-electron chi connectivity index (χ1n) is 7.25. The van der Waals surface area contributed by atoms with Gasteiger partial charge in [0.15, 0.2) is 0 Å². The lowest BCUT2D eigenvalue weighted by atomic mass is 10.1. The van der Waals surface area contributed by atoms with Crippen LogP contribution in [0.2, 0.25) is 0 Å². The summed E-state index contributed by atoms with van der Waals surface area (Å²) in [5.74, 6) is 0. The van der Waals surface area contributed by atoms with E-state index < -0.39 is 0 Å². The first-order valence-corrected chi connectivity index (χ1v) is 7.25. The van der Waals surface area contributed by atoms with Crippen LogP contribution in [0.15, 0.2) is 24.3 Å². The molecule has 0 aromatic heterocycles. The number of nitrogens with zero attached hydrogens (tertiary/aromatic N) is 1. The molecule has 0 aliphatic rings. The Morgan fingerprint density at radius 3 is 2.22 bits per heavy atom. The van der Waals surface area contributed by atoms with Gasteiger partial charge in [-0.15, -0.1) is 0 Å². The van der Waals surface area contributed by atoms with Crippen LogP contribution in [0, 0.1) is 0 Å². The van der Waals surface area contributed by atoms with Crippen molar-refractivity contribution in [1.82, 2.24) is 5.32 Å². The third kappa shape index (κ3) is 4.69. The molecule has 102 valence electrons. The van der Waals surface area contributed by atoms with Crippen LogP contribution < -0.4 is 10.2 Å². The molecule has 0 aliphatic heterocycles. The summed E-state index contributed by atoms with van der Waals surface area (Å²) in [6.45, 7) is 12.1. The minimum Gasteiger partial charge on any atom is -0.369 e. The molecule has 2 nitrogen and oxygen atoms in total. The molecule has 0 bridgehead atoms. The van der Waals surface area contributed by atoms with E-state index in [2.05, 4.69) is 62.2 Å². The van der Waals surface area contributed by atoms with Crippen LogP contribution in [0.4, 0.5) is 5.69 Å². The molecule has 0 aliphatic carbocycles. The highest BCUT2D eigenvalue weighted by Crippen LogP contribution is 2.18. The zero-order chi connectivity index (χ0) is 13.4. The van der Waals surface area contributed by atoms with Gasteiger partial charge in [0.25, 0.3) is 0 Å². The first kappa shape index (κ1) is 15.0.